The van der Waals surface area contributed by atoms with Crippen molar-refractivity contribution in [3.05, 3.63) is 0 Å². The summed E-state index contributed by atoms with van der Waals surface area (Å²) in [7, 11) is 0. The van der Waals surface area contributed by atoms with E-state index in [-0.39, 0.29) is 11.8 Å². The zero-order valence-corrected chi connectivity index (χ0v) is 10.5. The van der Waals surface area contributed by atoms with Gasteiger partial charge in [0, 0.05) is 25.0 Å². The molecule has 4 nitrogen and oxygen atoms in total. The molecule has 94 valence electrons. The molecule has 3 N–H and O–H groups in total. The van der Waals surface area contributed by atoms with Crippen LogP contribution in [0.4, 0.5) is 0 Å². The summed E-state index contributed by atoms with van der Waals surface area (Å²) < 4.78 is 0. The molecule has 1 aliphatic heterocycles. The molecule has 0 saturated carbocycles. The van der Waals surface area contributed by atoms with Crippen molar-refractivity contribution in [2.75, 3.05) is 26.2 Å². The summed E-state index contributed by atoms with van der Waals surface area (Å²) in [5, 5.41) is 2.97. The first-order valence-corrected chi connectivity index (χ1v) is 6.37. The highest BCUT2D eigenvalue weighted by Gasteiger charge is 2.18. The number of nitrogens with zero attached hydrogens (tertiary/aromatic N) is 1. The van der Waals surface area contributed by atoms with E-state index in [0.29, 0.717) is 12.6 Å². The molecule has 0 aliphatic carbocycles. The van der Waals surface area contributed by atoms with Crippen LogP contribution in [0.15, 0.2) is 0 Å². The van der Waals surface area contributed by atoms with Gasteiger partial charge in [0.05, 0.1) is 0 Å². The van der Waals surface area contributed by atoms with Crippen molar-refractivity contribution in [2.24, 2.45) is 11.7 Å². The highest BCUT2D eigenvalue weighted by molar-refractivity contribution is 5.78. The Labute approximate surface area is 98.6 Å². The van der Waals surface area contributed by atoms with Crippen LogP contribution in [-0.2, 0) is 4.79 Å². The topological polar surface area (TPSA) is 58.4 Å². The van der Waals surface area contributed by atoms with Gasteiger partial charge in [-0.05, 0) is 32.9 Å². The molecule has 2 atom stereocenters. The molecule has 16 heavy (non-hydrogen) atoms. The van der Waals surface area contributed by atoms with Gasteiger partial charge in [0.1, 0.15) is 0 Å². The Balaban J connectivity index is 2.23. The van der Waals surface area contributed by atoms with Crippen LogP contribution in [-0.4, -0.2) is 43.0 Å². The standard InChI is InChI=1S/C12H25N3O/c1-10(8-13)12(16)14-9-11(2)15-6-4-3-5-7-15/h10-11H,3-9,13H2,1-2H3,(H,14,16). The maximum Gasteiger partial charge on any atom is 0.224 e. The average Bonchev–Trinajstić information content (AvgIpc) is 2.35. The minimum absolute atomic E-state index is 0.0753. The number of nitrogens with one attached hydrogen (secondary N) is 1. The SMILES string of the molecule is CC(CN)C(=O)NCC(C)N1CCCCC1. The minimum atomic E-state index is -0.0754. The summed E-state index contributed by atoms with van der Waals surface area (Å²) in [4.78, 5) is 14.0. The van der Waals surface area contributed by atoms with Crippen molar-refractivity contribution in [3.63, 3.8) is 0 Å². The van der Waals surface area contributed by atoms with Crippen LogP contribution in [0, 0.1) is 5.92 Å². The summed E-state index contributed by atoms with van der Waals surface area (Å²) in [5.74, 6) is -0.0000784. The van der Waals surface area contributed by atoms with Crippen LogP contribution in [0.3, 0.4) is 0 Å². The lowest BCUT2D eigenvalue weighted by molar-refractivity contribution is -0.124. The second-order valence-corrected chi connectivity index (χ2v) is 4.83. The van der Waals surface area contributed by atoms with E-state index in [1.54, 1.807) is 0 Å². The minimum Gasteiger partial charge on any atom is -0.354 e. The Hall–Kier alpha value is -0.610. The Kier molecular flexibility index (Phi) is 5.77. The summed E-state index contributed by atoms with van der Waals surface area (Å²) in [6.07, 6.45) is 3.93. The third kappa shape index (κ3) is 4.10. The molecule has 0 radical (unpaired) electrons. The zero-order chi connectivity index (χ0) is 12.0. The van der Waals surface area contributed by atoms with Crippen LogP contribution < -0.4 is 11.1 Å². The predicted molar refractivity (Wildman–Crippen MR) is 66.1 cm³/mol. The lowest BCUT2D eigenvalue weighted by Gasteiger charge is -2.32. The third-order valence-corrected chi connectivity index (χ3v) is 3.39. The largest absolute Gasteiger partial charge is 0.354 e. The van der Waals surface area contributed by atoms with Crippen LogP contribution in [0.2, 0.25) is 0 Å². The van der Waals surface area contributed by atoms with Gasteiger partial charge in [0.15, 0.2) is 0 Å². The lowest BCUT2D eigenvalue weighted by Crippen LogP contribution is -2.45. The monoisotopic (exact) mass is 227 g/mol. The Bertz CT molecular complexity index is 214. The van der Waals surface area contributed by atoms with Gasteiger partial charge in [-0.1, -0.05) is 13.3 Å². The summed E-state index contributed by atoms with van der Waals surface area (Å²) >= 11 is 0. The van der Waals surface area contributed by atoms with Crippen LogP contribution in [0.25, 0.3) is 0 Å². The van der Waals surface area contributed by atoms with E-state index in [4.69, 9.17) is 5.73 Å². The molecule has 0 spiro atoms. The number of carbonyl (C=O) groups excluding carboxylic acids is 1. The van der Waals surface area contributed by atoms with E-state index < -0.39 is 0 Å². The van der Waals surface area contributed by atoms with Crippen LogP contribution >= 0.6 is 0 Å². The van der Waals surface area contributed by atoms with Crippen molar-refractivity contribution in [1.82, 2.24) is 10.2 Å². The zero-order valence-electron chi connectivity index (χ0n) is 10.5. The van der Waals surface area contributed by atoms with Gasteiger partial charge in [0.2, 0.25) is 5.91 Å². The van der Waals surface area contributed by atoms with Crippen molar-refractivity contribution >= 4 is 5.91 Å². The van der Waals surface area contributed by atoms with Gasteiger partial charge < -0.3 is 11.1 Å². The Morgan fingerprint density at radius 1 is 1.31 bits per heavy atom. The molecule has 1 fully saturated rings. The van der Waals surface area contributed by atoms with E-state index in [1.165, 1.54) is 32.4 Å². The van der Waals surface area contributed by atoms with E-state index in [9.17, 15) is 4.79 Å². The molecule has 0 aromatic heterocycles. The van der Waals surface area contributed by atoms with Gasteiger partial charge in [-0.25, -0.2) is 0 Å². The van der Waals surface area contributed by atoms with Crippen LogP contribution in [0.1, 0.15) is 33.1 Å². The maximum absolute atomic E-state index is 11.6. The Morgan fingerprint density at radius 3 is 2.50 bits per heavy atom. The van der Waals surface area contributed by atoms with Gasteiger partial charge in [-0.2, -0.15) is 0 Å². The molecule has 1 aliphatic rings. The van der Waals surface area contributed by atoms with Crippen molar-refractivity contribution < 1.29 is 4.79 Å². The van der Waals surface area contributed by atoms with E-state index in [1.807, 2.05) is 6.92 Å². The first kappa shape index (κ1) is 13.5. The first-order valence-electron chi connectivity index (χ1n) is 6.37. The predicted octanol–water partition coefficient (Wildman–Crippen LogP) is 0.572. The highest BCUT2D eigenvalue weighted by atomic mass is 16.1. The normalized spacial score (nSPS) is 21.4. The van der Waals surface area contributed by atoms with Crippen molar-refractivity contribution in [1.29, 1.82) is 0 Å². The number of hydrogen-bond acceptors (Lipinski definition) is 3. The molecule has 1 rings (SSSR count). The fourth-order valence-electron chi connectivity index (χ4n) is 2.02. The number of carbonyl (C=O) groups is 1. The number of likely N-dealkylation sites (tertiary alicyclic amines) is 1. The van der Waals surface area contributed by atoms with E-state index in [0.717, 1.165) is 6.54 Å². The molecule has 0 aromatic carbocycles. The molecule has 1 amide bonds. The summed E-state index contributed by atoms with van der Waals surface area (Å²) in [5.41, 5.74) is 5.45. The van der Waals surface area contributed by atoms with Gasteiger partial charge in [-0.15, -0.1) is 0 Å². The van der Waals surface area contributed by atoms with Gasteiger partial charge in [-0.3, -0.25) is 9.69 Å². The molecule has 1 saturated heterocycles. The number of nitrogens with two attached hydrogens (primary N) is 1. The molecule has 0 bridgehead atoms. The first-order chi connectivity index (χ1) is 7.65. The number of piperidine rings is 1. The lowest BCUT2D eigenvalue weighted by atomic mass is 10.1. The third-order valence-electron chi connectivity index (χ3n) is 3.39. The fourth-order valence-corrected chi connectivity index (χ4v) is 2.02. The smallest absolute Gasteiger partial charge is 0.224 e. The second kappa shape index (κ2) is 6.86. The van der Waals surface area contributed by atoms with Crippen LogP contribution in [0.5, 0.6) is 0 Å². The quantitative estimate of drug-likeness (QED) is 0.722. The molecule has 0 aromatic rings. The van der Waals surface area contributed by atoms with Gasteiger partial charge in [0.25, 0.3) is 0 Å². The van der Waals surface area contributed by atoms with E-state index >= 15 is 0 Å². The van der Waals surface area contributed by atoms with Crippen molar-refractivity contribution in [2.45, 2.75) is 39.2 Å². The maximum atomic E-state index is 11.6. The average molecular weight is 227 g/mol. The van der Waals surface area contributed by atoms with Gasteiger partial charge >= 0.3 is 0 Å². The van der Waals surface area contributed by atoms with Crippen molar-refractivity contribution in [3.8, 4) is 0 Å². The second-order valence-electron chi connectivity index (χ2n) is 4.83. The molecule has 4 heteroatoms. The fraction of sp³-hybridized carbons (Fsp3) is 0.917. The van der Waals surface area contributed by atoms with E-state index in [2.05, 4.69) is 17.1 Å². The summed E-state index contributed by atoms with van der Waals surface area (Å²) in [6, 6.07) is 0.439. The molecular formula is C12H25N3O. The molecule has 2 unspecified atom stereocenters. The molecule has 1 heterocycles. The highest BCUT2D eigenvalue weighted by Crippen LogP contribution is 2.11. The number of hydrogen-bond donors (Lipinski definition) is 2. The molecular weight excluding hydrogens is 202 g/mol. The summed E-state index contributed by atoms with van der Waals surface area (Å²) in [6.45, 7) is 7.54. The Morgan fingerprint density at radius 2 is 1.94 bits per heavy atom. The number of amides is 1. The number of rotatable bonds is 5.